The molecule has 0 fully saturated rings. The normalized spacial score (nSPS) is 13.9. The minimum Gasteiger partial charge on any atom is -0.282 e. The van der Waals surface area contributed by atoms with Crippen molar-refractivity contribution in [3.63, 3.8) is 0 Å². The molecule has 0 aliphatic carbocycles. The molecule has 31 heteroatoms. The Hall–Kier alpha value is -5.29. The van der Waals surface area contributed by atoms with Gasteiger partial charge in [0.25, 0.3) is 40.5 Å². The molecule has 0 aliphatic rings. The lowest BCUT2D eigenvalue weighted by atomic mass is 9.87. The van der Waals surface area contributed by atoms with Crippen molar-refractivity contribution in [2.75, 3.05) is 0 Å². The average Bonchev–Trinajstić information content (AvgIpc) is 3.29. The number of benzene rings is 6. The zero-order valence-corrected chi connectivity index (χ0v) is 46.7. The van der Waals surface area contributed by atoms with Gasteiger partial charge in [-0.1, -0.05) is 39.0 Å². The molecule has 6 aromatic carbocycles. The molecular weight excluding hydrogens is 1170 g/mol. The van der Waals surface area contributed by atoms with Gasteiger partial charge >= 0.3 is 0 Å². The smallest absolute Gasteiger partial charge is 0.282 e. The topological polar surface area (TPSA) is 388 Å². The SMILES string of the molecule is CC(C)(C)c1ccc(S(=O)(=O)c2ccc(-c3ccc(S(=O)(=O)c4ccc(S(=O)(=O)c5ccc(S(=O)(=O)c6ccc(S(=O)(=O)C(C)(C)C)cc6)cc5)cc4S(=O)(=O)O)c(S(=O)(=O)O)c3)cc2S(=O)(=O)O)c(S(=O)(=O)O)c1. The summed E-state index contributed by atoms with van der Waals surface area (Å²) >= 11 is 0. The van der Waals surface area contributed by atoms with E-state index >= 15 is 0 Å². The van der Waals surface area contributed by atoms with Crippen LogP contribution in [0.3, 0.4) is 0 Å². The number of hydrogen-bond acceptors (Lipinski definition) is 18. The van der Waals surface area contributed by atoms with Crippen LogP contribution in [0.15, 0.2) is 185 Å². The van der Waals surface area contributed by atoms with Gasteiger partial charge in [-0.3, -0.25) is 18.2 Å². The van der Waals surface area contributed by atoms with Gasteiger partial charge in [0.15, 0.2) is 9.84 Å². The highest BCUT2D eigenvalue weighted by Crippen LogP contribution is 2.40. The summed E-state index contributed by atoms with van der Waals surface area (Å²) < 4.78 is 278. The highest BCUT2D eigenvalue weighted by Gasteiger charge is 2.37. The summed E-state index contributed by atoms with van der Waals surface area (Å²) in [5.74, 6) is 0. The Kier molecular flexibility index (Phi) is 14.9. The molecule has 0 bridgehead atoms. The van der Waals surface area contributed by atoms with Crippen molar-refractivity contribution >= 4 is 89.7 Å². The molecule has 0 atom stereocenters. The summed E-state index contributed by atoms with van der Waals surface area (Å²) in [6.07, 6.45) is 0. The Morgan fingerprint density at radius 3 is 0.867 bits per heavy atom. The summed E-state index contributed by atoms with van der Waals surface area (Å²) in [5.41, 5.74) is -1.64. The summed E-state index contributed by atoms with van der Waals surface area (Å²) in [6, 6.07) is 14.7. The molecular formula is C44H42O22S9. The molecule has 0 unspecified atom stereocenters. The van der Waals surface area contributed by atoms with Gasteiger partial charge in [0, 0.05) is 0 Å². The Balaban J connectivity index is 1.41. The molecule has 75 heavy (non-hydrogen) atoms. The molecule has 0 heterocycles. The van der Waals surface area contributed by atoms with Crippen LogP contribution >= 0.6 is 0 Å². The predicted octanol–water partition coefficient (Wildman–Crippen LogP) is 5.54. The van der Waals surface area contributed by atoms with Crippen LogP contribution in [0.4, 0.5) is 0 Å². The molecule has 4 N–H and O–H groups in total. The van der Waals surface area contributed by atoms with E-state index < -0.39 is 165 Å². The van der Waals surface area contributed by atoms with Crippen molar-refractivity contribution in [2.45, 2.75) is 115 Å². The monoisotopic (exact) mass is 1210 g/mol. The van der Waals surface area contributed by atoms with E-state index in [1.807, 2.05) is 0 Å². The van der Waals surface area contributed by atoms with Crippen LogP contribution in [0, 0.1) is 0 Å². The van der Waals surface area contributed by atoms with Crippen LogP contribution in [-0.4, -0.2) is 98.7 Å². The van der Waals surface area contributed by atoms with Gasteiger partial charge in [0.2, 0.25) is 39.3 Å². The van der Waals surface area contributed by atoms with Gasteiger partial charge in [-0.15, -0.1) is 0 Å². The Morgan fingerprint density at radius 1 is 0.280 bits per heavy atom. The van der Waals surface area contributed by atoms with Crippen LogP contribution in [0.5, 0.6) is 0 Å². The number of sulfone groups is 5. The van der Waals surface area contributed by atoms with E-state index in [9.17, 15) is 94.0 Å². The minimum absolute atomic E-state index is 0.172. The Labute approximate surface area is 433 Å². The largest absolute Gasteiger partial charge is 0.295 e. The van der Waals surface area contributed by atoms with Crippen LogP contribution in [0.2, 0.25) is 0 Å². The first kappa shape index (κ1) is 59.0. The maximum Gasteiger partial charge on any atom is 0.295 e. The predicted molar refractivity (Wildman–Crippen MR) is 264 cm³/mol. The maximum atomic E-state index is 14.2. The molecule has 0 saturated carbocycles. The quantitative estimate of drug-likeness (QED) is 0.0972. The van der Waals surface area contributed by atoms with E-state index in [0.29, 0.717) is 36.4 Å². The molecule has 0 aromatic heterocycles. The highest BCUT2D eigenvalue weighted by atomic mass is 32.2. The standard InChI is InChI=1S/C44H42O22S9/c1-43(2,3)29-9-21-37(41(25-29)74(61,62)63)69(49,50)35-19-7-27(23-39(35)72(55,56)57)28-8-20-36(40(24-28)73(58,59)60)70(51,52)38-22-18-34(26-42(38)75(64,65)66)68(47,48)32-12-10-30(11-13-32)67(45,46)31-14-16-33(17-15-31)71(53,54)44(4,5)6/h7-26H,1-6H3,(H,55,56,57)(H,58,59,60)(H,61,62,63)(H,64,65,66). The van der Waals surface area contributed by atoms with E-state index in [1.165, 1.54) is 26.8 Å². The third-order valence-corrected chi connectivity index (χ3v) is 25.1. The molecule has 6 aromatic rings. The maximum absolute atomic E-state index is 14.2. The third-order valence-electron chi connectivity index (χ3n) is 11.2. The van der Waals surface area contributed by atoms with Crippen LogP contribution < -0.4 is 0 Å². The molecule has 0 radical (unpaired) electrons. The van der Waals surface area contributed by atoms with Crippen molar-refractivity contribution < 1.29 is 94.0 Å². The van der Waals surface area contributed by atoms with E-state index in [0.717, 1.165) is 72.8 Å². The van der Waals surface area contributed by atoms with Crippen molar-refractivity contribution in [1.29, 1.82) is 0 Å². The molecule has 404 valence electrons. The van der Waals surface area contributed by atoms with E-state index in [1.54, 1.807) is 20.8 Å². The summed E-state index contributed by atoms with van der Waals surface area (Å²) in [6.45, 7) is 9.20. The number of rotatable bonds is 14. The fourth-order valence-electron chi connectivity index (χ4n) is 7.16. The van der Waals surface area contributed by atoms with Gasteiger partial charge in [-0.05, 0) is 146 Å². The zero-order valence-electron chi connectivity index (χ0n) is 39.4. The van der Waals surface area contributed by atoms with Gasteiger partial charge in [-0.2, -0.15) is 33.7 Å². The van der Waals surface area contributed by atoms with E-state index in [4.69, 9.17) is 0 Å². The first-order valence-electron chi connectivity index (χ1n) is 20.7. The lowest BCUT2D eigenvalue weighted by molar-refractivity contribution is 0.476. The van der Waals surface area contributed by atoms with Crippen molar-refractivity contribution in [2.24, 2.45) is 0 Å². The van der Waals surface area contributed by atoms with Crippen LogP contribution in [0.1, 0.15) is 47.1 Å². The van der Waals surface area contributed by atoms with Gasteiger partial charge in [0.1, 0.15) is 19.6 Å². The fourth-order valence-corrected chi connectivity index (χ4v) is 18.7. The van der Waals surface area contributed by atoms with Gasteiger partial charge < -0.3 is 0 Å². The lowest BCUT2D eigenvalue weighted by Gasteiger charge is -2.21. The van der Waals surface area contributed by atoms with Gasteiger partial charge in [0.05, 0.1) is 48.8 Å². The van der Waals surface area contributed by atoms with Crippen LogP contribution in [-0.2, 0) is 95.1 Å². The van der Waals surface area contributed by atoms with Crippen molar-refractivity contribution in [1.82, 2.24) is 0 Å². The fraction of sp³-hybridized carbons (Fsp3) is 0.182. The molecule has 0 spiro atoms. The van der Waals surface area contributed by atoms with E-state index in [2.05, 4.69) is 0 Å². The molecule has 0 aliphatic heterocycles. The Bertz CT molecular complexity index is 4440. The third kappa shape index (κ3) is 11.4. The zero-order chi connectivity index (χ0) is 56.9. The summed E-state index contributed by atoms with van der Waals surface area (Å²) in [5, 5.41) is 0. The molecule has 0 amide bonds. The van der Waals surface area contributed by atoms with E-state index in [-0.39, 0.29) is 21.4 Å². The minimum atomic E-state index is -5.79. The highest BCUT2D eigenvalue weighted by molar-refractivity contribution is 7.95. The van der Waals surface area contributed by atoms with Crippen molar-refractivity contribution in [3.05, 3.63) is 127 Å². The van der Waals surface area contributed by atoms with Gasteiger partial charge in [-0.25, -0.2) is 42.1 Å². The number of hydrogen-bond donors (Lipinski definition) is 4. The summed E-state index contributed by atoms with van der Waals surface area (Å²) in [7, 11) is -46.7. The molecule has 6 rings (SSSR count). The second-order valence-electron chi connectivity index (χ2n) is 18.3. The molecule has 22 nitrogen and oxygen atoms in total. The molecule has 0 saturated heterocycles. The average molecular weight is 1210 g/mol. The second kappa shape index (κ2) is 19.0. The Morgan fingerprint density at radius 2 is 0.547 bits per heavy atom. The summed E-state index contributed by atoms with van der Waals surface area (Å²) in [4.78, 5) is -13.8. The lowest BCUT2D eigenvalue weighted by Crippen LogP contribution is -2.27. The first-order valence-corrected chi connectivity index (χ1v) is 33.9. The second-order valence-corrected chi connectivity index (χ2v) is 34.3. The van der Waals surface area contributed by atoms with Crippen LogP contribution in [0.25, 0.3) is 11.1 Å². The first-order chi connectivity index (χ1) is 33.8. The van der Waals surface area contributed by atoms with Crippen molar-refractivity contribution in [3.8, 4) is 11.1 Å².